The zero-order chi connectivity index (χ0) is 15.2. The van der Waals surface area contributed by atoms with Crippen molar-refractivity contribution in [3.63, 3.8) is 0 Å². The first kappa shape index (κ1) is 16.4. The third-order valence-corrected chi connectivity index (χ3v) is 4.36. The molecule has 2 aromatic carbocycles. The molecule has 0 amide bonds. The van der Waals surface area contributed by atoms with Crippen molar-refractivity contribution >= 4 is 22.6 Å². The number of benzene rings is 2. The van der Waals surface area contributed by atoms with Crippen molar-refractivity contribution < 1.29 is 8.78 Å². The van der Waals surface area contributed by atoms with E-state index in [0.29, 0.717) is 12.0 Å². The molecule has 0 saturated carbocycles. The second kappa shape index (κ2) is 7.84. The van der Waals surface area contributed by atoms with E-state index in [-0.39, 0.29) is 6.04 Å². The topological polar surface area (TPSA) is 12.0 Å². The summed E-state index contributed by atoms with van der Waals surface area (Å²) in [5.74, 6) is -1.53. The standard InChI is InChI=1S/C17H18F2IN/c1-2-10-21-16(13-7-3-4-9-15(13)20)11-12-6-5-8-14(18)17(12)19/h3-9,16,21H,2,10-11H2,1H3. The Balaban J connectivity index is 2.28. The number of hydrogen-bond acceptors (Lipinski definition) is 1. The molecule has 0 saturated heterocycles. The highest BCUT2D eigenvalue weighted by molar-refractivity contribution is 14.1. The van der Waals surface area contributed by atoms with E-state index >= 15 is 0 Å². The molecular weight excluding hydrogens is 383 g/mol. The Morgan fingerprint density at radius 2 is 1.86 bits per heavy atom. The summed E-state index contributed by atoms with van der Waals surface area (Å²) >= 11 is 2.28. The van der Waals surface area contributed by atoms with Crippen LogP contribution in [0.2, 0.25) is 0 Å². The molecule has 0 heterocycles. The van der Waals surface area contributed by atoms with Gasteiger partial charge in [0, 0.05) is 9.61 Å². The van der Waals surface area contributed by atoms with Gasteiger partial charge in [-0.05, 0) is 65.2 Å². The van der Waals surface area contributed by atoms with Gasteiger partial charge in [0.05, 0.1) is 0 Å². The van der Waals surface area contributed by atoms with Gasteiger partial charge in [0.1, 0.15) is 0 Å². The highest BCUT2D eigenvalue weighted by Crippen LogP contribution is 2.25. The summed E-state index contributed by atoms with van der Waals surface area (Å²) in [7, 11) is 0. The predicted octanol–water partition coefficient (Wildman–Crippen LogP) is 4.85. The van der Waals surface area contributed by atoms with Crippen molar-refractivity contribution in [1.29, 1.82) is 0 Å². The van der Waals surface area contributed by atoms with Gasteiger partial charge in [-0.15, -0.1) is 0 Å². The van der Waals surface area contributed by atoms with Gasteiger partial charge in [-0.3, -0.25) is 0 Å². The van der Waals surface area contributed by atoms with E-state index in [0.717, 1.165) is 28.2 Å². The molecule has 112 valence electrons. The normalized spacial score (nSPS) is 12.4. The smallest absolute Gasteiger partial charge is 0.162 e. The van der Waals surface area contributed by atoms with E-state index in [1.54, 1.807) is 12.1 Å². The Bertz CT molecular complexity index is 601. The van der Waals surface area contributed by atoms with Crippen LogP contribution < -0.4 is 5.32 Å². The molecular formula is C17H18F2IN. The third kappa shape index (κ3) is 4.23. The Morgan fingerprint density at radius 1 is 1.10 bits per heavy atom. The monoisotopic (exact) mass is 401 g/mol. The summed E-state index contributed by atoms with van der Waals surface area (Å²) in [6.07, 6.45) is 1.43. The van der Waals surface area contributed by atoms with Crippen molar-refractivity contribution in [1.82, 2.24) is 5.32 Å². The summed E-state index contributed by atoms with van der Waals surface area (Å²) in [6.45, 7) is 2.93. The predicted molar refractivity (Wildman–Crippen MR) is 90.3 cm³/mol. The zero-order valence-corrected chi connectivity index (χ0v) is 14.0. The summed E-state index contributed by atoms with van der Waals surface area (Å²) in [5.41, 5.74) is 1.53. The average Bonchev–Trinajstić information content (AvgIpc) is 2.48. The van der Waals surface area contributed by atoms with Crippen molar-refractivity contribution in [3.8, 4) is 0 Å². The SMILES string of the molecule is CCCNC(Cc1cccc(F)c1F)c1ccccc1I. The molecule has 1 nitrogen and oxygen atoms in total. The molecule has 4 heteroatoms. The van der Waals surface area contributed by atoms with Crippen molar-refractivity contribution in [2.45, 2.75) is 25.8 Å². The van der Waals surface area contributed by atoms with Gasteiger partial charge in [-0.1, -0.05) is 37.3 Å². The van der Waals surface area contributed by atoms with Crippen LogP contribution in [0.5, 0.6) is 0 Å². The van der Waals surface area contributed by atoms with Gasteiger partial charge in [-0.2, -0.15) is 0 Å². The summed E-state index contributed by atoms with van der Waals surface area (Å²) in [6, 6.07) is 12.3. The largest absolute Gasteiger partial charge is 0.310 e. The molecule has 0 aliphatic heterocycles. The van der Waals surface area contributed by atoms with Crippen LogP contribution in [0.3, 0.4) is 0 Å². The zero-order valence-electron chi connectivity index (χ0n) is 11.9. The van der Waals surface area contributed by atoms with Gasteiger partial charge in [0.25, 0.3) is 0 Å². The maximum Gasteiger partial charge on any atom is 0.162 e. The minimum Gasteiger partial charge on any atom is -0.310 e. The number of nitrogens with one attached hydrogen (secondary N) is 1. The fraction of sp³-hybridized carbons (Fsp3) is 0.294. The molecule has 2 rings (SSSR count). The minimum absolute atomic E-state index is 0.0191. The van der Waals surface area contributed by atoms with E-state index < -0.39 is 11.6 Å². The highest BCUT2D eigenvalue weighted by Gasteiger charge is 2.17. The molecule has 1 atom stereocenters. The summed E-state index contributed by atoms with van der Waals surface area (Å²) in [5, 5.41) is 3.43. The Labute approximate surface area is 137 Å². The van der Waals surface area contributed by atoms with Gasteiger partial charge in [-0.25, -0.2) is 8.78 Å². The van der Waals surface area contributed by atoms with E-state index in [9.17, 15) is 8.78 Å². The maximum atomic E-state index is 13.9. The fourth-order valence-electron chi connectivity index (χ4n) is 2.29. The lowest BCUT2D eigenvalue weighted by Gasteiger charge is -2.21. The van der Waals surface area contributed by atoms with Gasteiger partial charge < -0.3 is 5.32 Å². The molecule has 0 aromatic heterocycles. The van der Waals surface area contributed by atoms with Crippen LogP contribution in [0.4, 0.5) is 8.78 Å². The second-order valence-electron chi connectivity index (χ2n) is 4.95. The Morgan fingerprint density at radius 3 is 2.57 bits per heavy atom. The third-order valence-electron chi connectivity index (χ3n) is 3.38. The van der Waals surface area contributed by atoms with Crippen LogP contribution in [-0.2, 0) is 6.42 Å². The quantitative estimate of drug-likeness (QED) is 0.683. The highest BCUT2D eigenvalue weighted by atomic mass is 127. The number of hydrogen-bond donors (Lipinski definition) is 1. The lowest BCUT2D eigenvalue weighted by atomic mass is 9.98. The number of rotatable bonds is 6. The molecule has 1 N–H and O–H groups in total. The molecule has 0 radical (unpaired) electrons. The summed E-state index contributed by atoms with van der Waals surface area (Å²) < 4.78 is 28.4. The van der Waals surface area contributed by atoms with Crippen molar-refractivity contribution in [2.75, 3.05) is 6.54 Å². The molecule has 0 aliphatic carbocycles. The first-order valence-electron chi connectivity index (χ1n) is 7.04. The van der Waals surface area contributed by atoms with Crippen LogP contribution in [0, 0.1) is 15.2 Å². The molecule has 0 aliphatic rings. The maximum absolute atomic E-state index is 13.9. The molecule has 21 heavy (non-hydrogen) atoms. The van der Waals surface area contributed by atoms with Crippen molar-refractivity contribution in [3.05, 3.63) is 68.8 Å². The number of halogens is 3. The molecule has 0 spiro atoms. The van der Waals surface area contributed by atoms with Crippen LogP contribution >= 0.6 is 22.6 Å². The van der Waals surface area contributed by atoms with E-state index in [4.69, 9.17) is 0 Å². The lowest BCUT2D eigenvalue weighted by Crippen LogP contribution is -2.25. The van der Waals surface area contributed by atoms with Gasteiger partial charge in [0.2, 0.25) is 0 Å². The fourth-order valence-corrected chi connectivity index (χ4v) is 3.06. The van der Waals surface area contributed by atoms with E-state index in [2.05, 4.69) is 34.8 Å². The molecule has 1 unspecified atom stereocenters. The van der Waals surface area contributed by atoms with E-state index in [1.807, 2.05) is 24.3 Å². The first-order chi connectivity index (χ1) is 10.1. The Kier molecular flexibility index (Phi) is 6.11. The van der Waals surface area contributed by atoms with Gasteiger partial charge in [0.15, 0.2) is 11.6 Å². The average molecular weight is 401 g/mol. The molecule has 0 bridgehead atoms. The molecule has 0 fully saturated rings. The van der Waals surface area contributed by atoms with Crippen molar-refractivity contribution in [2.24, 2.45) is 0 Å². The van der Waals surface area contributed by atoms with Gasteiger partial charge >= 0.3 is 0 Å². The minimum atomic E-state index is -0.787. The van der Waals surface area contributed by atoms with E-state index in [1.165, 1.54) is 0 Å². The van der Waals surface area contributed by atoms with Crippen LogP contribution in [0.25, 0.3) is 0 Å². The summed E-state index contributed by atoms with van der Waals surface area (Å²) in [4.78, 5) is 0. The Hall–Kier alpha value is -1.01. The van der Waals surface area contributed by atoms with Crippen LogP contribution in [0.1, 0.15) is 30.5 Å². The second-order valence-corrected chi connectivity index (χ2v) is 6.11. The van der Waals surface area contributed by atoms with Crippen LogP contribution in [0.15, 0.2) is 42.5 Å². The first-order valence-corrected chi connectivity index (χ1v) is 8.12. The van der Waals surface area contributed by atoms with Crippen LogP contribution in [-0.4, -0.2) is 6.54 Å². The lowest BCUT2D eigenvalue weighted by molar-refractivity contribution is 0.476. The molecule has 2 aromatic rings.